The summed E-state index contributed by atoms with van der Waals surface area (Å²) in [6, 6.07) is 6.96. The summed E-state index contributed by atoms with van der Waals surface area (Å²) in [6.45, 7) is 2.51. The highest BCUT2D eigenvalue weighted by molar-refractivity contribution is 6.00. The lowest BCUT2D eigenvalue weighted by Crippen LogP contribution is -2.55. The fourth-order valence-electron chi connectivity index (χ4n) is 4.37. The molecule has 0 atom stereocenters. The molecule has 0 spiro atoms. The third-order valence-corrected chi connectivity index (χ3v) is 6.25. The highest BCUT2D eigenvalue weighted by Crippen LogP contribution is 2.28. The number of fused-ring (bicyclic) bond motifs is 1. The smallest absolute Gasteiger partial charge is 0.329 e. The first-order valence-electron chi connectivity index (χ1n) is 11.2. The van der Waals surface area contributed by atoms with Crippen LogP contribution in [0.3, 0.4) is 0 Å². The lowest BCUT2D eigenvalue weighted by molar-refractivity contribution is -0.145. The van der Waals surface area contributed by atoms with Crippen molar-refractivity contribution >= 4 is 22.8 Å². The first-order valence-corrected chi connectivity index (χ1v) is 11.2. The largest absolute Gasteiger partial charge is 0.497 e. The van der Waals surface area contributed by atoms with E-state index in [0.717, 1.165) is 50.3 Å². The lowest BCUT2D eigenvalue weighted by atomic mass is 9.83. The van der Waals surface area contributed by atoms with Gasteiger partial charge in [0.1, 0.15) is 16.9 Å². The van der Waals surface area contributed by atoms with E-state index in [1.807, 2.05) is 13.0 Å². The number of ether oxygens (including phenoxy) is 1. The summed E-state index contributed by atoms with van der Waals surface area (Å²) in [5.74, 6) is -1.01. The van der Waals surface area contributed by atoms with Crippen molar-refractivity contribution in [3.8, 4) is 5.75 Å². The summed E-state index contributed by atoms with van der Waals surface area (Å²) in [4.78, 5) is 38.7. The minimum absolute atomic E-state index is 0.0172. The molecule has 2 N–H and O–H groups in total. The van der Waals surface area contributed by atoms with Gasteiger partial charge < -0.3 is 19.7 Å². The quantitative estimate of drug-likeness (QED) is 0.692. The molecule has 1 aliphatic carbocycles. The molecule has 1 saturated carbocycles. The SMILES string of the molecule is CCCCn1c(=O)c(C(=O)NC2(C(=O)O)CCCCCCC2)cc2ccc(OC)cc21. The zero-order valence-electron chi connectivity index (χ0n) is 18.4. The maximum Gasteiger partial charge on any atom is 0.329 e. The van der Waals surface area contributed by atoms with Crippen LogP contribution >= 0.6 is 0 Å². The molecule has 7 heteroatoms. The molecule has 168 valence electrons. The standard InChI is InChI=1S/C24H32N2O5/c1-3-4-14-26-20-16-18(31-2)11-10-17(20)15-19(22(26)28)21(27)25-24(23(29)30)12-8-6-5-7-9-13-24/h10-11,15-16H,3-9,12-14H2,1-2H3,(H,25,27)(H,29,30). The second kappa shape index (κ2) is 9.98. The van der Waals surface area contributed by atoms with Crippen molar-refractivity contribution in [3.63, 3.8) is 0 Å². The average molecular weight is 429 g/mol. The van der Waals surface area contributed by atoms with Crippen LogP contribution in [0.15, 0.2) is 29.1 Å². The number of benzene rings is 1. The van der Waals surface area contributed by atoms with E-state index in [9.17, 15) is 19.5 Å². The Hall–Kier alpha value is -2.83. The molecule has 2 aromatic rings. The van der Waals surface area contributed by atoms with Crippen LogP contribution in [0, 0.1) is 0 Å². The summed E-state index contributed by atoms with van der Waals surface area (Å²) in [7, 11) is 1.57. The number of nitrogens with zero attached hydrogens (tertiary/aromatic N) is 1. The minimum Gasteiger partial charge on any atom is -0.497 e. The number of hydrogen-bond donors (Lipinski definition) is 2. The highest BCUT2D eigenvalue weighted by atomic mass is 16.5. The number of unbranched alkanes of at least 4 members (excludes halogenated alkanes) is 1. The van der Waals surface area contributed by atoms with Gasteiger partial charge in [-0.15, -0.1) is 0 Å². The Labute approximate surface area is 182 Å². The highest BCUT2D eigenvalue weighted by Gasteiger charge is 2.40. The maximum atomic E-state index is 13.3. The Kier molecular flexibility index (Phi) is 7.36. The van der Waals surface area contributed by atoms with Gasteiger partial charge in [-0.3, -0.25) is 9.59 Å². The molecule has 7 nitrogen and oxygen atoms in total. The number of carbonyl (C=O) groups is 2. The second-order valence-electron chi connectivity index (χ2n) is 8.40. The summed E-state index contributed by atoms with van der Waals surface area (Å²) in [5.41, 5.74) is -1.05. The topological polar surface area (TPSA) is 97.6 Å². The van der Waals surface area contributed by atoms with Gasteiger partial charge in [0.05, 0.1) is 12.6 Å². The molecule has 1 aromatic heterocycles. The van der Waals surface area contributed by atoms with Gasteiger partial charge in [-0.2, -0.15) is 0 Å². The van der Waals surface area contributed by atoms with Gasteiger partial charge in [-0.05, 0) is 42.8 Å². The number of aromatic nitrogens is 1. The van der Waals surface area contributed by atoms with E-state index in [-0.39, 0.29) is 5.56 Å². The number of aryl methyl sites for hydroxylation is 1. The normalized spacial score (nSPS) is 16.3. The molecular weight excluding hydrogens is 396 g/mol. The number of carboxylic acid groups (broad SMARTS) is 1. The van der Waals surface area contributed by atoms with Gasteiger partial charge in [0, 0.05) is 12.6 Å². The van der Waals surface area contributed by atoms with Crippen molar-refractivity contribution in [2.75, 3.05) is 7.11 Å². The van der Waals surface area contributed by atoms with E-state index in [4.69, 9.17) is 4.74 Å². The lowest BCUT2D eigenvalue weighted by Gasteiger charge is -2.32. The molecule has 1 heterocycles. The van der Waals surface area contributed by atoms with E-state index in [1.54, 1.807) is 29.9 Å². The van der Waals surface area contributed by atoms with Crippen LogP contribution in [-0.4, -0.2) is 34.2 Å². The van der Waals surface area contributed by atoms with Gasteiger partial charge in [0.2, 0.25) is 0 Å². The van der Waals surface area contributed by atoms with Crippen LogP contribution in [0.2, 0.25) is 0 Å². The van der Waals surface area contributed by atoms with Gasteiger partial charge >= 0.3 is 5.97 Å². The van der Waals surface area contributed by atoms with Crippen molar-refractivity contribution in [2.24, 2.45) is 0 Å². The predicted molar refractivity (Wildman–Crippen MR) is 120 cm³/mol. The van der Waals surface area contributed by atoms with E-state index in [0.29, 0.717) is 30.7 Å². The summed E-state index contributed by atoms with van der Waals surface area (Å²) in [5, 5.41) is 13.4. The number of nitrogens with one attached hydrogen (secondary N) is 1. The van der Waals surface area contributed by atoms with Crippen molar-refractivity contribution < 1.29 is 19.4 Å². The zero-order chi connectivity index (χ0) is 22.4. The van der Waals surface area contributed by atoms with Crippen molar-refractivity contribution in [3.05, 3.63) is 40.2 Å². The van der Waals surface area contributed by atoms with Crippen LogP contribution < -0.4 is 15.6 Å². The molecule has 1 aliphatic rings. The Morgan fingerprint density at radius 1 is 1.13 bits per heavy atom. The molecule has 1 fully saturated rings. The average Bonchev–Trinajstić information content (AvgIpc) is 2.74. The van der Waals surface area contributed by atoms with E-state index < -0.39 is 23.0 Å². The summed E-state index contributed by atoms with van der Waals surface area (Å²) in [6.07, 6.45) is 6.91. The Bertz CT molecular complexity index is 1000. The van der Waals surface area contributed by atoms with Gasteiger partial charge in [0.15, 0.2) is 0 Å². The molecule has 31 heavy (non-hydrogen) atoms. The minimum atomic E-state index is -1.33. The van der Waals surface area contributed by atoms with Crippen LogP contribution in [0.1, 0.15) is 75.1 Å². The van der Waals surface area contributed by atoms with Gasteiger partial charge in [-0.1, -0.05) is 45.4 Å². The number of methoxy groups -OCH3 is 1. The van der Waals surface area contributed by atoms with E-state index in [1.165, 1.54) is 0 Å². The predicted octanol–water partition coefficient (Wildman–Crippen LogP) is 4.11. The van der Waals surface area contributed by atoms with E-state index >= 15 is 0 Å². The van der Waals surface area contributed by atoms with Crippen LogP contribution in [0.25, 0.3) is 10.9 Å². The van der Waals surface area contributed by atoms with Crippen molar-refractivity contribution in [2.45, 2.75) is 76.8 Å². The molecule has 0 bridgehead atoms. The summed E-state index contributed by atoms with van der Waals surface area (Å²) >= 11 is 0. The number of hydrogen-bond acceptors (Lipinski definition) is 4. The fraction of sp³-hybridized carbons (Fsp3) is 0.542. The third kappa shape index (κ3) is 4.92. The molecule has 0 radical (unpaired) electrons. The monoisotopic (exact) mass is 428 g/mol. The maximum absolute atomic E-state index is 13.3. The second-order valence-corrected chi connectivity index (χ2v) is 8.40. The number of carbonyl (C=O) groups excluding carboxylic acids is 1. The van der Waals surface area contributed by atoms with Gasteiger partial charge in [0.25, 0.3) is 11.5 Å². The van der Waals surface area contributed by atoms with Gasteiger partial charge in [-0.25, -0.2) is 4.79 Å². The van der Waals surface area contributed by atoms with Crippen molar-refractivity contribution in [1.29, 1.82) is 0 Å². The van der Waals surface area contributed by atoms with Crippen LogP contribution in [-0.2, 0) is 11.3 Å². The number of aliphatic carboxylic acids is 1. The molecule has 3 rings (SSSR count). The molecule has 0 unspecified atom stereocenters. The van der Waals surface area contributed by atoms with Crippen molar-refractivity contribution in [1.82, 2.24) is 9.88 Å². The van der Waals surface area contributed by atoms with Crippen LogP contribution in [0.4, 0.5) is 0 Å². The first kappa shape index (κ1) is 22.8. The Balaban J connectivity index is 2.04. The number of carboxylic acids is 1. The molecule has 1 amide bonds. The molecular formula is C24H32N2O5. The third-order valence-electron chi connectivity index (χ3n) is 6.25. The molecule has 0 aliphatic heterocycles. The first-order chi connectivity index (χ1) is 14.9. The fourth-order valence-corrected chi connectivity index (χ4v) is 4.37. The molecule has 1 aromatic carbocycles. The summed E-state index contributed by atoms with van der Waals surface area (Å²) < 4.78 is 6.90. The van der Waals surface area contributed by atoms with E-state index in [2.05, 4.69) is 5.32 Å². The number of pyridine rings is 1. The zero-order valence-corrected chi connectivity index (χ0v) is 18.4. The Morgan fingerprint density at radius 3 is 2.42 bits per heavy atom. The van der Waals surface area contributed by atoms with Crippen LogP contribution in [0.5, 0.6) is 5.75 Å². The Morgan fingerprint density at radius 2 is 1.81 bits per heavy atom. The molecule has 0 saturated heterocycles. The number of rotatable bonds is 7. The number of amides is 1.